The number of halogens is 7. The van der Waals surface area contributed by atoms with Crippen LogP contribution in [0.1, 0.15) is 0 Å². The fourth-order valence-corrected chi connectivity index (χ4v) is 1.20. The number of nitrogen functional groups attached to an aromatic ring is 1. The smallest absolute Gasteiger partial charge is 0.434 e. The highest BCUT2D eigenvalue weighted by molar-refractivity contribution is 6.29. The molecule has 1 aromatic rings. The summed E-state index contributed by atoms with van der Waals surface area (Å²) in [5.41, 5.74) is 5.01. The van der Waals surface area contributed by atoms with Gasteiger partial charge in [0.25, 0.3) is 6.10 Å². The molecule has 3 nitrogen and oxygen atoms in total. The third kappa shape index (κ3) is 3.83. The largest absolute Gasteiger partial charge is 0.455 e. The van der Waals surface area contributed by atoms with Gasteiger partial charge in [-0.1, -0.05) is 11.6 Å². The zero-order chi connectivity index (χ0) is 14.1. The van der Waals surface area contributed by atoms with E-state index in [1.54, 1.807) is 0 Å². The van der Waals surface area contributed by atoms with Gasteiger partial charge in [0.05, 0.1) is 0 Å². The number of pyridine rings is 1. The Kier molecular flexibility index (Phi) is 3.84. The molecule has 10 heteroatoms. The van der Waals surface area contributed by atoms with E-state index in [0.717, 1.165) is 6.07 Å². The van der Waals surface area contributed by atoms with Crippen molar-refractivity contribution in [3.8, 4) is 5.88 Å². The van der Waals surface area contributed by atoms with Crippen molar-refractivity contribution in [2.45, 2.75) is 18.5 Å². The first-order chi connectivity index (χ1) is 8.00. The molecule has 102 valence electrons. The number of hydrogen-bond donors (Lipinski definition) is 1. The Hall–Kier alpha value is -1.38. The second-order valence-electron chi connectivity index (χ2n) is 3.14. The van der Waals surface area contributed by atoms with E-state index in [1.807, 2.05) is 0 Å². The Morgan fingerprint density at radius 1 is 1.11 bits per heavy atom. The minimum atomic E-state index is -5.63. The van der Waals surface area contributed by atoms with E-state index in [1.165, 1.54) is 0 Å². The van der Waals surface area contributed by atoms with Crippen molar-refractivity contribution >= 4 is 17.3 Å². The second kappa shape index (κ2) is 4.71. The molecular weight excluding hydrogens is 290 g/mol. The summed E-state index contributed by atoms with van der Waals surface area (Å²) in [6, 6.07) is 1.75. The topological polar surface area (TPSA) is 48.1 Å². The zero-order valence-electron chi connectivity index (χ0n) is 8.31. The molecule has 1 heterocycles. The van der Waals surface area contributed by atoms with Gasteiger partial charge < -0.3 is 10.5 Å². The SMILES string of the molecule is Nc1cc(Cl)nc(OC(C(F)(F)F)C(F)(F)F)c1. The molecule has 0 saturated heterocycles. The van der Waals surface area contributed by atoms with Crippen LogP contribution in [0, 0.1) is 0 Å². The molecule has 0 atom stereocenters. The van der Waals surface area contributed by atoms with Crippen LogP contribution >= 0.6 is 11.6 Å². The maximum atomic E-state index is 12.2. The molecule has 0 unspecified atom stereocenters. The molecule has 2 N–H and O–H groups in total. The van der Waals surface area contributed by atoms with E-state index in [2.05, 4.69) is 9.72 Å². The Bertz CT molecular complexity index is 398. The molecule has 0 saturated carbocycles. The zero-order valence-corrected chi connectivity index (χ0v) is 9.07. The molecule has 1 rings (SSSR count). The van der Waals surface area contributed by atoms with Crippen molar-refractivity contribution < 1.29 is 31.1 Å². The summed E-state index contributed by atoms with van der Waals surface area (Å²) in [5, 5.41) is -0.381. The van der Waals surface area contributed by atoms with Crippen LogP contribution in [0.15, 0.2) is 12.1 Å². The lowest BCUT2D eigenvalue weighted by Crippen LogP contribution is -2.46. The molecule has 1 aromatic heterocycles. The van der Waals surface area contributed by atoms with Gasteiger partial charge in [-0.25, -0.2) is 4.98 Å². The molecule has 0 aliphatic rings. The maximum absolute atomic E-state index is 12.2. The summed E-state index contributed by atoms with van der Waals surface area (Å²) in [4.78, 5) is 3.16. The van der Waals surface area contributed by atoms with Gasteiger partial charge in [0.15, 0.2) is 0 Å². The van der Waals surface area contributed by atoms with Gasteiger partial charge in [0, 0.05) is 11.8 Å². The van der Waals surface area contributed by atoms with Gasteiger partial charge >= 0.3 is 12.4 Å². The number of nitrogens with zero attached hydrogens (tertiary/aromatic N) is 1. The first kappa shape index (κ1) is 14.7. The summed E-state index contributed by atoms with van der Waals surface area (Å²) < 4.78 is 76.8. The quantitative estimate of drug-likeness (QED) is 0.673. The summed E-state index contributed by atoms with van der Waals surface area (Å²) in [6.07, 6.45) is -15.2. The van der Waals surface area contributed by atoms with Crippen molar-refractivity contribution in [2.75, 3.05) is 5.73 Å². The van der Waals surface area contributed by atoms with Crippen molar-refractivity contribution in [3.05, 3.63) is 17.3 Å². The Labute approximate surface area is 101 Å². The molecule has 0 bridgehead atoms. The van der Waals surface area contributed by atoms with Crippen molar-refractivity contribution in [1.29, 1.82) is 0 Å². The number of alkyl halides is 6. The van der Waals surface area contributed by atoms with Crippen LogP contribution in [0.3, 0.4) is 0 Å². The highest BCUT2D eigenvalue weighted by Gasteiger charge is 2.59. The van der Waals surface area contributed by atoms with E-state index < -0.39 is 24.3 Å². The highest BCUT2D eigenvalue weighted by atomic mass is 35.5. The van der Waals surface area contributed by atoms with Crippen LogP contribution in [0.4, 0.5) is 32.0 Å². The van der Waals surface area contributed by atoms with Crippen molar-refractivity contribution in [1.82, 2.24) is 4.98 Å². The van der Waals surface area contributed by atoms with Crippen LogP contribution in [0.2, 0.25) is 5.15 Å². The predicted octanol–water partition coefficient (Wildman–Crippen LogP) is 3.19. The van der Waals surface area contributed by atoms with Crippen LogP contribution < -0.4 is 10.5 Å². The Morgan fingerprint density at radius 3 is 2.00 bits per heavy atom. The van der Waals surface area contributed by atoms with Crippen molar-refractivity contribution in [2.24, 2.45) is 0 Å². The van der Waals surface area contributed by atoms with Gasteiger partial charge in [-0.15, -0.1) is 0 Å². The normalized spacial score (nSPS) is 12.9. The van der Waals surface area contributed by atoms with Crippen LogP contribution in [0.25, 0.3) is 0 Å². The monoisotopic (exact) mass is 294 g/mol. The summed E-state index contributed by atoms with van der Waals surface area (Å²) >= 11 is 5.33. The average molecular weight is 295 g/mol. The first-order valence-electron chi connectivity index (χ1n) is 4.23. The molecule has 0 fully saturated rings. The van der Waals surface area contributed by atoms with Gasteiger partial charge in [0.2, 0.25) is 5.88 Å². The van der Waals surface area contributed by atoms with Crippen molar-refractivity contribution in [3.63, 3.8) is 0 Å². The highest BCUT2D eigenvalue weighted by Crippen LogP contribution is 2.36. The number of anilines is 1. The number of nitrogens with two attached hydrogens (primary N) is 1. The van der Waals surface area contributed by atoms with E-state index in [0.29, 0.717) is 6.07 Å². The lowest BCUT2D eigenvalue weighted by Gasteiger charge is -2.23. The maximum Gasteiger partial charge on any atom is 0.434 e. The molecule has 0 aromatic carbocycles. The molecule has 0 aliphatic heterocycles. The number of rotatable bonds is 2. The minimum absolute atomic E-state index is 0.173. The van der Waals surface area contributed by atoms with E-state index in [4.69, 9.17) is 17.3 Å². The summed E-state index contributed by atoms with van der Waals surface area (Å²) in [6.45, 7) is 0. The third-order valence-corrected chi connectivity index (χ3v) is 1.82. The van der Waals surface area contributed by atoms with Gasteiger partial charge in [0.1, 0.15) is 5.15 Å². The van der Waals surface area contributed by atoms with Gasteiger partial charge in [-0.05, 0) is 6.07 Å². The molecule has 0 spiro atoms. The van der Waals surface area contributed by atoms with E-state index >= 15 is 0 Å². The summed E-state index contributed by atoms with van der Waals surface area (Å²) in [7, 11) is 0. The van der Waals surface area contributed by atoms with E-state index in [9.17, 15) is 26.3 Å². The van der Waals surface area contributed by atoms with E-state index in [-0.39, 0.29) is 10.8 Å². The number of ether oxygens (including phenoxy) is 1. The number of aromatic nitrogens is 1. The standard InChI is InChI=1S/C8H5ClF6N2O/c9-4-1-3(16)2-5(17-4)18-6(7(10,11)12)8(13,14)15/h1-2,6H,(H2,16,17). The average Bonchev–Trinajstić information content (AvgIpc) is 2.08. The minimum Gasteiger partial charge on any atom is -0.455 e. The first-order valence-corrected chi connectivity index (χ1v) is 4.61. The van der Waals surface area contributed by atoms with Gasteiger partial charge in [-0.3, -0.25) is 0 Å². The van der Waals surface area contributed by atoms with Gasteiger partial charge in [-0.2, -0.15) is 26.3 Å². The van der Waals surface area contributed by atoms with Crippen LogP contribution in [0.5, 0.6) is 5.88 Å². The van der Waals surface area contributed by atoms with Crippen LogP contribution in [-0.4, -0.2) is 23.4 Å². The Balaban J connectivity index is 3.04. The Morgan fingerprint density at radius 2 is 1.61 bits per heavy atom. The molecular formula is C8H5ClF6N2O. The summed E-state index contributed by atoms with van der Waals surface area (Å²) in [5.74, 6) is -0.959. The predicted molar refractivity (Wildman–Crippen MR) is 50.2 cm³/mol. The molecule has 18 heavy (non-hydrogen) atoms. The van der Waals surface area contributed by atoms with Crippen LogP contribution in [-0.2, 0) is 0 Å². The fourth-order valence-electron chi connectivity index (χ4n) is 0.992. The lowest BCUT2D eigenvalue weighted by molar-refractivity contribution is -0.300. The third-order valence-electron chi connectivity index (χ3n) is 1.63. The molecule has 0 amide bonds. The number of hydrogen-bond acceptors (Lipinski definition) is 3. The molecule has 0 radical (unpaired) electrons. The fraction of sp³-hybridized carbons (Fsp3) is 0.375. The lowest BCUT2D eigenvalue weighted by atomic mass is 10.3. The molecule has 0 aliphatic carbocycles. The second-order valence-corrected chi connectivity index (χ2v) is 3.53.